The van der Waals surface area contributed by atoms with Crippen LogP contribution in [0.1, 0.15) is 19.8 Å². The molecule has 1 aliphatic heterocycles. The first-order chi connectivity index (χ1) is 6.72. The Bertz CT molecular complexity index is 249. The van der Waals surface area contributed by atoms with Crippen LogP contribution < -0.4 is 0 Å². The van der Waals surface area contributed by atoms with Crippen molar-refractivity contribution in [1.82, 2.24) is 0 Å². The molecule has 3 heteroatoms. The second-order valence-corrected chi connectivity index (χ2v) is 4.19. The lowest BCUT2D eigenvalue weighted by Crippen LogP contribution is -2.30. The van der Waals surface area contributed by atoms with E-state index in [1.807, 2.05) is 0 Å². The Hall–Kier alpha value is -0.830. The van der Waals surface area contributed by atoms with E-state index in [2.05, 4.69) is 13.5 Å². The molecule has 4 unspecified atom stereocenters. The van der Waals surface area contributed by atoms with Gasteiger partial charge in [0, 0.05) is 0 Å². The minimum Gasteiger partial charge on any atom is -0.461 e. The van der Waals surface area contributed by atoms with Gasteiger partial charge in [0.05, 0.1) is 18.1 Å². The standard InChI is InChI=1S/C11H16O3/c1-3-4-13-11(12)8-6-10-9(14-10)5-7(8)2/h3,7-10H,1,4-6H2,2H3. The van der Waals surface area contributed by atoms with E-state index in [-0.39, 0.29) is 11.9 Å². The Morgan fingerprint density at radius 1 is 1.57 bits per heavy atom. The van der Waals surface area contributed by atoms with Crippen molar-refractivity contribution in [3.63, 3.8) is 0 Å². The molecule has 0 spiro atoms. The number of fused-ring (bicyclic) bond motifs is 1. The van der Waals surface area contributed by atoms with Crippen LogP contribution in [-0.4, -0.2) is 24.8 Å². The van der Waals surface area contributed by atoms with E-state index in [0.29, 0.717) is 24.7 Å². The Labute approximate surface area is 84.1 Å². The molecule has 0 aromatic carbocycles. The summed E-state index contributed by atoms with van der Waals surface area (Å²) in [5, 5.41) is 0. The lowest BCUT2D eigenvalue weighted by Gasteiger charge is -2.23. The molecule has 0 aromatic heterocycles. The van der Waals surface area contributed by atoms with E-state index in [1.165, 1.54) is 0 Å². The average molecular weight is 196 g/mol. The van der Waals surface area contributed by atoms with Gasteiger partial charge in [-0.1, -0.05) is 19.6 Å². The van der Waals surface area contributed by atoms with Crippen molar-refractivity contribution in [3.05, 3.63) is 12.7 Å². The number of epoxide rings is 1. The third kappa shape index (κ3) is 1.82. The van der Waals surface area contributed by atoms with Crippen LogP contribution in [0.4, 0.5) is 0 Å². The van der Waals surface area contributed by atoms with Crippen LogP contribution in [0.3, 0.4) is 0 Å². The molecule has 0 radical (unpaired) electrons. The molecule has 78 valence electrons. The Morgan fingerprint density at radius 2 is 2.29 bits per heavy atom. The molecular formula is C11H16O3. The van der Waals surface area contributed by atoms with Crippen LogP contribution in [0.25, 0.3) is 0 Å². The fourth-order valence-corrected chi connectivity index (χ4v) is 2.18. The summed E-state index contributed by atoms with van der Waals surface area (Å²) in [6, 6.07) is 0. The summed E-state index contributed by atoms with van der Waals surface area (Å²) in [4.78, 5) is 11.6. The van der Waals surface area contributed by atoms with Crippen molar-refractivity contribution in [3.8, 4) is 0 Å². The van der Waals surface area contributed by atoms with Crippen molar-refractivity contribution in [2.75, 3.05) is 6.61 Å². The van der Waals surface area contributed by atoms with Gasteiger partial charge in [0.25, 0.3) is 0 Å². The summed E-state index contributed by atoms with van der Waals surface area (Å²) in [5.74, 6) is 0.320. The molecule has 0 bridgehead atoms. The molecule has 14 heavy (non-hydrogen) atoms. The number of carbonyl (C=O) groups is 1. The molecule has 2 rings (SSSR count). The van der Waals surface area contributed by atoms with Gasteiger partial charge in [-0.15, -0.1) is 0 Å². The first-order valence-corrected chi connectivity index (χ1v) is 5.15. The number of esters is 1. The zero-order valence-corrected chi connectivity index (χ0v) is 8.44. The van der Waals surface area contributed by atoms with Gasteiger partial charge in [-0.2, -0.15) is 0 Å². The summed E-state index contributed by atoms with van der Waals surface area (Å²) in [7, 11) is 0. The second-order valence-electron chi connectivity index (χ2n) is 4.19. The molecule has 0 amide bonds. The quantitative estimate of drug-likeness (QED) is 0.390. The van der Waals surface area contributed by atoms with Gasteiger partial charge < -0.3 is 9.47 Å². The van der Waals surface area contributed by atoms with E-state index in [4.69, 9.17) is 9.47 Å². The molecule has 2 fully saturated rings. The molecule has 1 aliphatic carbocycles. The van der Waals surface area contributed by atoms with Gasteiger partial charge in [-0.05, 0) is 18.8 Å². The minimum atomic E-state index is -0.0913. The molecule has 0 aromatic rings. The van der Waals surface area contributed by atoms with Gasteiger partial charge >= 0.3 is 5.97 Å². The molecule has 1 saturated heterocycles. The smallest absolute Gasteiger partial charge is 0.309 e. The maximum absolute atomic E-state index is 11.6. The third-order valence-electron chi connectivity index (χ3n) is 3.11. The number of ether oxygens (including phenoxy) is 2. The van der Waals surface area contributed by atoms with Crippen molar-refractivity contribution in [2.24, 2.45) is 11.8 Å². The van der Waals surface area contributed by atoms with Crippen LogP contribution in [0, 0.1) is 11.8 Å². The summed E-state index contributed by atoms with van der Waals surface area (Å²) >= 11 is 0. The molecule has 1 heterocycles. The predicted molar refractivity (Wildman–Crippen MR) is 51.7 cm³/mol. The minimum absolute atomic E-state index is 0.0266. The number of rotatable bonds is 3. The topological polar surface area (TPSA) is 38.8 Å². The highest BCUT2D eigenvalue weighted by Gasteiger charge is 2.49. The summed E-state index contributed by atoms with van der Waals surface area (Å²) in [6.45, 7) is 5.93. The van der Waals surface area contributed by atoms with Gasteiger partial charge in [0.2, 0.25) is 0 Å². The molecular weight excluding hydrogens is 180 g/mol. The predicted octanol–water partition coefficient (Wildman–Crippen LogP) is 1.53. The number of carbonyl (C=O) groups excluding carboxylic acids is 1. The van der Waals surface area contributed by atoms with Crippen LogP contribution in [0.5, 0.6) is 0 Å². The summed E-state index contributed by atoms with van der Waals surface area (Å²) in [6.07, 6.45) is 4.18. The van der Waals surface area contributed by atoms with E-state index in [1.54, 1.807) is 6.08 Å². The number of hydrogen-bond acceptors (Lipinski definition) is 3. The third-order valence-corrected chi connectivity index (χ3v) is 3.11. The normalized spacial score (nSPS) is 39.8. The van der Waals surface area contributed by atoms with Crippen LogP contribution in [0.2, 0.25) is 0 Å². The van der Waals surface area contributed by atoms with Crippen LogP contribution >= 0.6 is 0 Å². The van der Waals surface area contributed by atoms with Crippen molar-refractivity contribution in [1.29, 1.82) is 0 Å². The molecule has 3 nitrogen and oxygen atoms in total. The Morgan fingerprint density at radius 3 is 3.00 bits per heavy atom. The monoisotopic (exact) mass is 196 g/mol. The fraction of sp³-hybridized carbons (Fsp3) is 0.727. The van der Waals surface area contributed by atoms with Crippen molar-refractivity contribution >= 4 is 5.97 Å². The summed E-state index contributed by atoms with van der Waals surface area (Å²) in [5.41, 5.74) is 0. The first-order valence-electron chi connectivity index (χ1n) is 5.15. The van der Waals surface area contributed by atoms with Gasteiger partial charge in [0.15, 0.2) is 0 Å². The zero-order chi connectivity index (χ0) is 10.1. The van der Waals surface area contributed by atoms with E-state index >= 15 is 0 Å². The lowest BCUT2D eigenvalue weighted by atomic mass is 9.80. The zero-order valence-electron chi connectivity index (χ0n) is 8.44. The van der Waals surface area contributed by atoms with Gasteiger partial charge in [0.1, 0.15) is 6.61 Å². The highest BCUT2D eigenvalue weighted by molar-refractivity contribution is 5.73. The Kier molecular flexibility index (Phi) is 2.59. The van der Waals surface area contributed by atoms with Crippen molar-refractivity contribution in [2.45, 2.75) is 32.0 Å². The van der Waals surface area contributed by atoms with Gasteiger partial charge in [-0.3, -0.25) is 4.79 Å². The van der Waals surface area contributed by atoms with Crippen molar-refractivity contribution < 1.29 is 14.3 Å². The fourth-order valence-electron chi connectivity index (χ4n) is 2.18. The largest absolute Gasteiger partial charge is 0.461 e. The first kappa shape index (κ1) is 9.71. The molecule has 4 atom stereocenters. The van der Waals surface area contributed by atoms with Gasteiger partial charge in [-0.25, -0.2) is 0 Å². The molecule has 2 aliphatic rings. The SMILES string of the molecule is C=CCOC(=O)C1CC2OC2CC1C. The van der Waals surface area contributed by atoms with Crippen LogP contribution in [0.15, 0.2) is 12.7 Å². The highest BCUT2D eigenvalue weighted by Crippen LogP contribution is 2.42. The van der Waals surface area contributed by atoms with E-state index in [0.717, 1.165) is 12.8 Å². The maximum Gasteiger partial charge on any atom is 0.309 e. The number of hydrogen-bond donors (Lipinski definition) is 0. The molecule has 0 N–H and O–H groups in total. The van der Waals surface area contributed by atoms with E-state index in [9.17, 15) is 4.79 Å². The average Bonchev–Trinajstić information content (AvgIpc) is 2.90. The van der Waals surface area contributed by atoms with E-state index < -0.39 is 0 Å². The second kappa shape index (κ2) is 3.73. The molecule has 1 saturated carbocycles. The highest BCUT2D eigenvalue weighted by atomic mass is 16.6. The van der Waals surface area contributed by atoms with Crippen LogP contribution in [-0.2, 0) is 14.3 Å². The lowest BCUT2D eigenvalue weighted by molar-refractivity contribution is -0.149. The maximum atomic E-state index is 11.6. The summed E-state index contributed by atoms with van der Waals surface area (Å²) < 4.78 is 10.5. The Balaban J connectivity index is 1.88.